The monoisotopic (exact) mass is 260 g/mol. The fourth-order valence-corrected chi connectivity index (χ4v) is 2.78. The van der Waals surface area contributed by atoms with Gasteiger partial charge in [-0.3, -0.25) is 0 Å². The summed E-state index contributed by atoms with van der Waals surface area (Å²) in [6, 6.07) is 5.34. The van der Waals surface area contributed by atoms with Gasteiger partial charge in [0.2, 0.25) is 0 Å². The fraction of sp³-hybridized carbons (Fsp3) is 0.167. The summed E-state index contributed by atoms with van der Waals surface area (Å²) in [5.41, 5.74) is 8.67. The Hall–Kier alpha value is -2.08. The summed E-state index contributed by atoms with van der Waals surface area (Å²) in [7, 11) is 0. The van der Waals surface area contributed by atoms with Crippen molar-refractivity contribution in [3.63, 3.8) is 0 Å². The highest BCUT2D eigenvalue weighted by Crippen LogP contribution is 2.23. The average molecular weight is 260 g/mol. The first-order chi connectivity index (χ1) is 8.56. The summed E-state index contributed by atoms with van der Waals surface area (Å²) in [6.45, 7) is 3.92. The zero-order valence-electron chi connectivity index (χ0n) is 10.0. The van der Waals surface area contributed by atoms with Crippen LogP contribution in [0.3, 0.4) is 0 Å². The van der Waals surface area contributed by atoms with Crippen molar-refractivity contribution in [2.45, 2.75) is 13.8 Å². The van der Waals surface area contributed by atoms with Crippen LogP contribution in [0.4, 0.5) is 5.69 Å². The zero-order valence-corrected chi connectivity index (χ0v) is 10.8. The summed E-state index contributed by atoms with van der Waals surface area (Å²) >= 11 is 1.50. The number of nitrogens with two attached hydrogens (primary N) is 1. The molecule has 5 nitrogen and oxygen atoms in total. The van der Waals surface area contributed by atoms with Gasteiger partial charge in [-0.1, -0.05) is 0 Å². The Bertz CT molecular complexity index is 777. The van der Waals surface area contributed by atoms with Crippen LogP contribution in [0.1, 0.15) is 10.6 Å². The maximum atomic E-state index is 12.0. The first-order valence-electron chi connectivity index (χ1n) is 5.51. The molecule has 3 rings (SSSR count). The van der Waals surface area contributed by atoms with E-state index in [1.165, 1.54) is 11.3 Å². The number of fused-ring (bicyclic) bond motifs is 1. The molecule has 92 valence electrons. The summed E-state index contributed by atoms with van der Waals surface area (Å²) in [4.78, 5) is 20.3. The molecule has 0 fully saturated rings. The van der Waals surface area contributed by atoms with E-state index >= 15 is 0 Å². The van der Waals surface area contributed by atoms with Gasteiger partial charge in [0.1, 0.15) is 0 Å². The van der Waals surface area contributed by atoms with Crippen molar-refractivity contribution in [2.75, 3.05) is 5.73 Å². The van der Waals surface area contributed by atoms with Gasteiger partial charge < -0.3 is 10.7 Å². The third-order valence-electron chi connectivity index (χ3n) is 2.92. The first-order valence-corrected chi connectivity index (χ1v) is 6.32. The number of nitrogen functional groups attached to an aromatic ring is 1. The van der Waals surface area contributed by atoms with Gasteiger partial charge >= 0.3 is 5.69 Å². The Labute approximate surface area is 107 Å². The topological polar surface area (TPSA) is 76.7 Å². The molecule has 1 aromatic carbocycles. The molecule has 0 aliphatic heterocycles. The third kappa shape index (κ3) is 1.53. The number of nitrogens with one attached hydrogen (secondary N) is 1. The van der Waals surface area contributed by atoms with Gasteiger partial charge in [-0.2, -0.15) is 0 Å². The van der Waals surface area contributed by atoms with Gasteiger partial charge in [-0.05, 0) is 32.0 Å². The van der Waals surface area contributed by atoms with Crippen LogP contribution in [0.25, 0.3) is 16.2 Å². The van der Waals surface area contributed by atoms with Crippen LogP contribution in [0, 0.1) is 13.8 Å². The second-order valence-electron chi connectivity index (χ2n) is 4.18. The van der Waals surface area contributed by atoms with E-state index < -0.39 is 0 Å². The van der Waals surface area contributed by atoms with E-state index in [0.29, 0.717) is 10.8 Å². The SMILES string of the molecule is Cc1nc(-n2c(=O)[nH]c3ccc(N)cc32)sc1C. The van der Waals surface area contributed by atoms with E-state index in [4.69, 9.17) is 5.73 Å². The third-order valence-corrected chi connectivity index (χ3v) is 3.97. The predicted octanol–water partition coefficient (Wildman–Crippen LogP) is 1.97. The Morgan fingerprint density at radius 2 is 2.17 bits per heavy atom. The lowest BCUT2D eigenvalue weighted by atomic mass is 10.3. The Morgan fingerprint density at radius 3 is 2.83 bits per heavy atom. The first kappa shape index (κ1) is 11.0. The second kappa shape index (κ2) is 3.71. The molecule has 18 heavy (non-hydrogen) atoms. The van der Waals surface area contributed by atoms with E-state index in [1.807, 2.05) is 13.8 Å². The van der Waals surface area contributed by atoms with E-state index in [9.17, 15) is 4.79 Å². The quantitative estimate of drug-likeness (QED) is 0.657. The minimum absolute atomic E-state index is 0.190. The molecule has 0 bridgehead atoms. The molecular weight excluding hydrogens is 248 g/mol. The van der Waals surface area contributed by atoms with Crippen LogP contribution >= 0.6 is 11.3 Å². The summed E-state index contributed by atoms with van der Waals surface area (Å²) in [6.07, 6.45) is 0. The Kier molecular flexibility index (Phi) is 2.27. The van der Waals surface area contributed by atoms with Crippen molar-refractivity contribution in [3.05, 3.63) is 39.3 Å². The molecule has 0 aliphatic rings. The number of benzene rings is 1. The summed E-state index contributed by atoms with van der Waals surface area (Å²) < 4.78 is 1.57. The zero-order chi connectivity index (χ0) is 12.9. The largest absolute Gasteiger partial charge is 0.399 e. The summed E-state index contributed by atoms with van der Waals surface area (Å²) in [5.74, 6) is 0. The molecule has 2 heterocycles. The minimum Gasteiger partial charge on any atom is -0.399 e. The molecule has 0 saturated heterocycles. The summed E-state index contributed by atoms with van der Waals surface area (Å²) in [5, 5.41) is 0.673. The van der Waals surface area contributed by atoms with Crippen LogP contribution in [0.2, 0.25) is 0 Å². The van der Waals surface area contributed by atoms with Gasteiger partial charge in [0.15, 0.2) is 5.13 Å². The van der Waals surface area contributed by atoms with Crippen LogP contribution in [-0.4, -0.2) is 14.5 Å². The lowest BCUT2D eigenvalue weighted by molar-refractivity contribution is 0.987. The number of aryl methyl sites for hydroxylation is 2. The highest BCUT2D eigenvalue weighted by molar-refractivity contribution is 7.14. The molecule has 0 spiro atoms. The molecule has 3 N–H and O–H groups in total. The van der Waals surface area contributed by atoms with Gasteiger partial charge in [0.05, 0.1) is 16.7 Å². The lowest BCUT2D eigenvalue weighted by Gasteiger charge is -1.98. The van der Waals surface area contributed by atoms with Gasteiger partial charge in [0.25, 0.3) is 0 Å². The molecule has 0 radical (unpaired) electrons. The van der Waals surface area contributed by atoms with Gasteiger partial charge in [-0.15, -0.1) is 11.3 Å². The number of aromatic nitrogens is 3. The van der Waals surface area contributed by atoms with E-state index in [1.54, 1.807) is 22.8 Å². The van der Waals surface area contributed by atoms with Crippen molar-refractivity contribution < 1.29 is 0 Å². The number of imidazole rings is 1. The van der Waals surface area contributed by atoms with Crippen LogP contribution < -0.4 is 11.4 Å². The number of nitrogens with zero attached hydrogens (tertiary/aromatic N) is 2. The standard InChI is InChI=1S/C12H12N4OS/c1-6-7(2)18-12(14-6)16-10-5-8(13)3-4-9(10)15-11(16)17/h3-5H,13H2,1-2H3,(H,15,17). The number of hydrogen-bond acceptors (Lipinski definition) is 4. The average Bonchev–Trinajstić information content (AvgIpc) is 2.79. The van der Waals surface area contributed by atoms with Crippen molar-refractivity contribution in [3.8, 4) is 5.13 Å². The van der Waals surface area contributed by atoms with Gasteiger partial charge in [-0.25, -0.2) is 14.3 Å². The predicted molar refractivity (Wildman–Crippen MR) is 73.5 cm³/mol. The number of thiazole rings is 1. The molecular formula is C12H12N4OS. The highest BCUT2D eigenvalue weighted by Gasteiger charge is 2.13. The van der Waals surface area contributed by atoms with E-state index in [0.717, 1.165) is 21.6 Å². The normalized spacial score (nSPS) is 11.2. The molecule has 0 atom stereocenters. The lowest BCUT2D eigenvalue weighted by Crippen LogP contribution is -2.14. The van der Waals surface area contributed by atoms with Crippen molar-refractivity contribution >= 4 is 28.1 Å². The Balaban J connectivity index is 2.37. The number of aromatic amines is 1. The molecule has 0 amide bonds. The minimum atomic E-state index is -0.190. The van der Waals surface area contributed by atoms with E-state index in [2.05, 4.69) is 9.97 Å². The Morgan fingerprint density at radius 1 is 1.39 bits per heavy atom. The highest BCUT2D eigenvalue weighted by atomic mass is 32.1. The molecule has 0 saturated carbocycles. The number of H-pyrrole nitrogens is 1. The van der Waals surface area contributed by atoms with Gasteiger partial charge in [0, 0.05) is 10.6 Å². The molecule has 0 unspecified atom stereocenters. The van der Waals surface area contributed by atoms with Crippen molar-refractivity contribution in [1.29, 1.82) is 0 Å². The van der Waals surface area contributed by atoms with Crippen LogP contribution in [-0.2, 0) is 0 Å². The smallest absolute Gasteiger partial charge is 0.332 e. The van der Waals surface area contributed by atoms with Crippen molar-refractivity contribution in [2.24, 2.45) is 0 Å². The second-order valence-corrected chi connectivity index (χ2v) is 5.36. The van der Waals surface area contributed by atoms with Crippen molar-refractivity contribution in [1.82, 2.24) is 14.5 Å². The molecule has 2 aromatic heterocycles. The van der Waals surface area contributed by atoms with Crippen LogP contribution in [0.5, 0.6) is 0 Å². The number of rotatable bonds is 1. The maximum absolute atomic E-state index is 12.0. The molecule has 0 aliphatic carbocycles. The maximum Gasteiger partial charge on any atom is 0.332 e. The fourth-order valence-electron chi connectivity index (χ4n) is 1.86. The van der Waals surface area contributed by atoms with Crippen LogP contribution in [0.15, 0.2) is 23.0 Å². The molecule has 6 heteroatoms. The molecule has 3 aromatic rings. The number of hydrogen-bond donors (Lipinski definition) is 2. The number of anilines is 1. The van der Waals surface area contributed by atoms with E-state index in [-0.39, 0.29) is 5.69 Å².